The van der Waals surface area contributed by atoms with E-state index in [0.717, 1.165) is 28.1 Å². The molecule has 1 amide bonds. The third-order valence-electron chi connectivity index (χ3n) is 5.67. The summed E-state index contributed by atoms with van der Waals surface area (Å²) < 4.78 is 7.71. The number of para-hydroxylation sites is 1. The molecule has 0 spiro atoms. The number of benzene rings is 3. The first-order valence-corrected chi connectivity index (χ1v) is 11.9. The topological polar surface area (TPSA) is 81.1 Å². The normalized spacial score (nSPS) is 16.9. The number of carbonyl (C=O) groups excluding carboxylic acids is 1. The minimum atomic E-state index is -0.442. The summed E-state index contributed by atoms with van der Waals surface area (Å²) in [6.07, 6.45) is 0. The Hall–Kier alpha value is -3.78. The van der Waals surface area contributed by atoms with Gasteiger partial charge < -0.3 is 15.5 Å². The van der Waals surface area contributed by atoms with Crippen molar-refractivity contribution in [1.82, 2.24) is 14.9 Å². The molecule has 2 N–H and O–H groups in total. The smallest absolute Gasteiger partial charge is 0.240 e. The maximum absolute atomic E-state index is 13.5. The van der Waals surface area contributed by atoms with Crippen molar-refractivity contribution >= 4 is 23.4 Å². The molecule has 3 aromatic carbocycles. The largest absolute Gasteiger partial charge is 0.486 e. The number of nitrogens with one attached hydrogen (secondary N) is 2. The first kappa shape index (κ1) is 22.0. The molecule has 4 aromatic rings. The predicted octanol–water partition coefficient (Wildman–Crippen LogP) is 4.87. The molecule has 1 aliphatic rings. The van der Waals surface area contributed by atoms with Crippen LogP contribution in [-0.4, -0.2) is 26.0 Å². The van der Waals surface area contributed by atoms with Crippen molar-refractivity contribution in [3.63, 3.8) is 0 Å². The molecule has 2 heterocycles. The first-order valence-electron chi connectivity index (χ1n) is 11.1. The standard InChI is InChI=1S/C26H25N5O2S/c1-17-13-14-21(18(2)15-17)27-25(32)24-23(19-9-5-3-6-10-19)30-31-22(28-29-26(31)34-24)16-33-20-11-7-4-8-12-20/h3-15,23-24,30H,16H2,1-2H3,(H,27,32)/t23-,24-/m1/s1. The molecule has 1 aliphatic heterocycles. The van der Waals surface area contributed by atoms with Gasteiger partial charge in [0.25, 0.3) is 0 Å². The van der Waals surface area contributed by atoms with Gasteiger partial charge in [0.15, 0.2) is 5.82 Å². The van der Waals surface area contributed by atoms with Gasteiger partial charge in [-0.05, 0) is 43.2 Å². The van der Waals surface area contributed by atoms with Gasteiger partial charge in [-0.25, -0.2) is 4.68 Å². The number of amides is 1. The highest BCUT2D eigenvalue weighted by molar-refractivity contribution is 8.00. The molecule has 172 valence electrons. The van der Waals surface area contributed by atoms with E-state index in [4.69, 9.17) is 4.74 Å². The van der Waals surface area contributed by atoms with Crippen LogP contribution in [0.25, 0.3) is 0 Å². The van der Waals surface area contributed by atoms with Crippen LogP contribution in [-0.2, 0) is 11.4 Å². The zero-order valence-electron chi connectivity index (χ0n) is 18.9. The third kappa shape index (κ3) is 4.63. The van der Waals surface area contributed by atoms with Gasteiger partial charge >= 0.3 is 0 Å². The van der Waals surface area contributed by atoms with E-state index in [1.165, 1.54) is 11.8 Å². The molecule has 0 saturated heterocycles. The van der Waals surface area contributed by atoms with Crippen LogP contribution in [0, 0.1) is 13.8 Å². The SMILES string of the molecule is Cc1ccc(NC(=O)[C@@H]2Sc3nnc(COc4ccccc4)n3N[C@@H]2c2ccccc2)c(C)c1. The Morgan fingerprint density at radius 1 is 1.03 bits per heavy atom. The predicted molar refractivity (Wildman–Crippen MR) is 134 cm³/mol. The number of fused-ring (bicyclic) bond motifs is 1. The van der Waals surface area contributed by atoms with Crippen LogP contribution in [0.3, 0.4) is 0 Å². The summed E-state index contributed by atoms with van der Waals surface area (Å²) in [6.45, 7) is 4.29. The maximum atomic E-state index is 13.5. The van der Waals surface area contributed by atoms with Gasteiger partial charge in [0, 0.05) is 5.69 Å². The van der Waals surface area contributed by atoms with Gasteiger partial charge in [0.2, 0.25) is 11.1 Å². The Morgan fingerprint density at radius 2 is 1.76 bits per heavy atom. The average molecular weight is 472 g/mol. The number of nitrogens with zero attached hydrogens (tertiary/aromatic N) is 3. The van der Waals surface area contributed by atoms with Crippen molar-refractivity contribution in [2.75, 3.05) is 10.7 Å². The maximum Gasteiger partial charge on any atom is 0.240 e. The highest BCUT2D eigenvalue weighted by atomic mass is 32.2. The lowest BCUT2D eigenvalue weighted by molar-refractivity contribution is -0.116. The number of aryl methyl sites for hydroxylation is 2. The van der Waals surface area contributed by atoms with Gasteiger partial charge in [-0.1, -0.05) is 78.0 Å². The van der Waals surface area contributed by atoms with Crippen LogP contribution in [0.1, 0.15) is 28.6 Å². The molecule has 5 rings (SSSR count). The molecule has 0 saturated carbocycles. The lowest BCUT2D eigenvalue weighted by atomic mass is 10.0. The van der Waals surface area contributed by atoms with Crippen LogP contribution in [0.4, 0.5) is 5.69 Å². The van der Waals surface area contributed by atoms with E-state index in [-0.39, 0.29) is 18.6 Å². The van der Waals surface area contributed by atoms with E-state index < -0.39 is 5.25 Å². The van der Waals surface area contributed by atoms with E-state index in [0.29, 0.717) is 11.0 Å². The molecular formula is C26H25N5O2S. The fourth-order valence-electron chi connectivity index (χ4n) is 3.93. The zero-order valence-corrected chi connectivity index (χ0v) is 19.8. The van der Waals surface area contributed by atoms with Gasteiger partial charge in [0.1, 0.15) is 17.6 Å². The summed E-state index contributed by atoms with van der Waals surface area (Å²) >= 11 is 1.40. The summed E-state index contributed by atoms with van der Waals surface area (Å²) in [5.74, 6) is 1.31. The molecule has 2 atom stereocenters. The summed E-state index contributed by atoms with van der Waals surface area (Å²) in [5.41, 5.74) is 7.47. The Bertz CT molecular complexity index is 1290. The van der Waals surface area contributed by atoms with Gasteiger partial charge in [-0.2, -0.15) is 0 Å². The van der Waals surface area contributed by atoms with Crippen molar-refractivity contribution in [3.05, 3.63) is 101 Å². The van der Waals surface area contributed by atoms with Crippen LogP contribution in [0.15, 0.2) is 84.0 Å². The molecule has 0 unspecified atom stereocenters. The van der Waals surface area contributed by atoms with Crippen molar-refractivity contribution < 1.29 is 9.53 Å². The van der Waals surface area contributed by atoms with Crippen LogP contribution in [0.5, 0.6) is 5.75 Å². The van der Waals surface area contributed by atoms with Gasteiger partial charge in [-0.15, -0.1) is 10.2 Å². The Morgan fingerprint density at radius 3 is 2.50 bits per heavy atom. The van der Waals surface area contributed by atoms with Crippen LogP contribution >= 0.6 is 11.8 Å². The summed E-state index contributed by atoms with van der Waals surface area (Å²) in [6, 6.07) is 25.3. The third-order valence-corrected chi connectivity index (χ3v) is 6.89. The lowest BCUT2D eigenvalue weighted by Gasteiger charge is -2.33. The lowest BCUT2D eigenvalue weighted by Crippen LogP contribution is -2.41. The van der Waals surface area contributed by atoms with Gasteiger partial charge in [0.05, 0.1) is 6.04 Å². The van der Waals surface area contributed by atoms with E-state index in [2.05, 4.69) is 27.0 Å². The summed E-state index contributed by atoms with van der Waals surface area (Å²) in [4.78, 5) is 13.5. The van der Waals surface area contributed by atoms with E-state index >= 15 is 0 Å². The number of aromatic nitrogens is 3. The molecule has 1 aromatic heterocycles. The number of hydrogen-bond acceptors (Lipinski definition) is 6. The number of thioether (sulfide) groups is 1. The summed E-state index contributed by atoms with van der Waals surface area (Å²) in [5, 5.41) is 11.9. The average Bonchev–Trinajstić information content (AvgIpc) is 3.27. The molecule has 0 fully saturated rings. The Kier molecular flexibility index (Phi) is 6.22. The fraction of sp³-hybridized carbons (Fsp3) is 0.192. The number of hydrogen-bond donors (Lipinski definition) is 2. The second-order valence-corrected chi connectivity index (χ2v) is 9.31. The molecule has 0 bridgehead atoms. The molecule has 0 aliphatic carbocycles. The monoisotopic (exact) mass is 471 g/mol. The van der Waals surface area contributed by atoms with Crippen LogP contribution in [0.2, 0.25) is 0 Å². The second kappa shape index (κ2) is 9.61. The molecular weight excluding hydrogens is 446 g/mol. The molecule has 7 nitrogen and oxygen atoms in total. The van der Waals surface area contributed by atoms with E-state index in [1.807, 2.05) is 91.3 Å². The highest BCUT2D eigenvalue weighted by Gasteiger charge is 2.38. The fourth-order valence-corrected chi connectivity index (χ4v) is 5.02. The molecule has 34 heavy (non-hydrogen) atoms. The quantitative estimate of drug-likeness (QED) is 0.418. The Labute approximate surface area is 202 Å². The number of carbonyl (C=O) groups is 1. The minimum absolute atomic E-state index is 0.0883. The van der Waals surface area contributed by atoms with E-state index in [9.17, 15) is 4.79 Å². The number of ether oxygens (including phenoxy) is 1. The number of anilines is 1. The zero-order chi connectivity index (χ0) is 23.5. The van der Waals surface area contributed by atoms with Crippen molar-refractivity contribution in [3.8, 4) is 5.75 Å². The van der Waals surface area contributed by atoms with Crippen molar-refractivity contribution in [2.24, 2.45) is 0 Å². The van der Waals surface area contributed by atoms with Gasteiger partial charge in [-0.3, -0.25) is 4.79 Å². The second-order valence-electron chi connectivity index (χ2n) is 8.20. The molecule has 8 heteroatoms. The first-order chi connectivity index (χ1) is 16.6. The Balaban J connectivity index is 1.41. The minimum Gasteiger partial charge on any atom is -0.486 e. The van der Waals surface area contributed by atoms with Crippen molar-refractivity contribution in [2.45, 2.75) is 36.9 Å². The highest BCUT2D eigenvalue weighted by Crippen LogP contribution is 2.37. The molecule has 0 radical (unpaired) electrons. The summed E-state index contributed by atoms with van der Waals surface area (Å²) in [7, 11) is 0. The van der Waals surface area contributed by atoms with Crippen molar-refractivity contribution in [1.29, 1.82) is 0 Å². The van der Waals surface area contributed by atoms with Crippen LogP contribution < -0.4 is 15.5 Å². The van der Waals surface area contributed by atoms with E-state index in [1.54, 1.807) is 0 Å². The number of rotatable bonds is 6.